The Bertz CT molecular complexity index is 817. The van der Waals surface area contributed by atoms with Crippen LogP contribution < -0.4 is 5.32 Å². The Labute approximate surface area is 164 Å². The van der Waals surface area contributed by atoms with Gasteiger partial charge in [-0.25, -0.2) is 32.0 Å². The molecule has 0 atom stereocenters. The first-order valence-electron chi connectivity index (χ1n) is 9.22. The molecule has 10 heteroatoms. The highest BCUT2D eigenvalue weighted by Gasteiger charge is 2.27. The number of amides is 1. The van der Waals surface area contributed by atoms with Gasteiger partial charge in [0.05, 0.1) is 11.4 Å². The topological polar surface area (TPSA) is 98.3 Å². The van der Waals surface area contributed by atoms with Crippen molar-refractivity contribution >= 4 is 15.9 Å². The molecule has 0 unspecified atom stereocenters. The Balaban J connectivity index is 1.99. The van der Waals surface area contributed by atoms with E-state index >= 15 is 0 Å². The van der Waals surface area contributed by atoms with Crippen LogP contribution in [-0.4, -0.2) is 42.1 Å². The molecule has 1 fully saturated rings. The Morgan fingerprint density at radius 1 is 1.21 bits per heavy atom. The van der Waals surface area contributed by atoms with Crippen molar-refractivity contribution in [2.75, 3.05) is 6.01 Å². The molecule has 1 aliphatic rings. The standard InChI is InChI=1S/C18H27F2N3O4S/c1-11-15(20)14(23-16(21-11)28(25,26)10-19)9-12-5-7-13(8-6-12)22-17(24)27-18(2,3)4/h12-13H,5-10H2,1-4H3,(H,22,24). The highest BCUT2D eigenvalue weighted by Crippen LogP contribution is 2.28. The summed E-state index contributed by atoms with van der Waals surface area (Å²) in [6.45, 7) is 6.71. The van der Waals surface area contributed by atoms with Gasteiger partial charge in [-0.2, -0.15) is 0 Å². The van der Waals surface area contributed by atoms with Gasteiger partial charge in [-0.3, -0.25) is 0 Å². The van der Waals surface area contributed by atoms with E-state index in [-0.39, 0.29) is 29.8 Å². The van der Waals surface area contributed by atoms with E-state index in [9.17, 15) is 22.0 Å². The molecule has 2 rings (SSSR count). The van der Waals surface area contributed by atoms with Crippen molar-refractivity contribution < 1.29 is 26.7 Å². The fourth-order valence-corrected chi connectivity index (χ4v) is 3.80. The van der Waals surface area contributed by atoms with Gasteiger partial charge >= 0.3 is 6.09 Å². The summed E-state index contributed by atoms with van der Waals surface area (Å²) >= 11 is 0. The lowest BCUT2D eigenvalue weighted by Crippen LogP contribution is -2.41. The molecule has 28 heavy (non-hydrogen) atoms. The summed E-state index contributed by atoms with van der Waals surface area (Å²) in [5.74, 6) is -0.576. The molecule has 1 saturated carbocycles. The van der Waals surface area contributed by atoms with Gasteiger partial charge in [0, 0.05) is 6.04 Å². The average Bonchev–Trinajstić information content (AvgIpc) is 2.58. The normalized spacial score (nSPS) is 20.6. The maximum Gasteiger partial charge on any atom is 0.407 e. The van der Waals surface area contributed by atoms with Gasteiger partial charge in [-0.15, -0.1) is 0 Å². The van der Waals surface area contributed by atoms with Gasteiger partial charge < -0.3 is 10.1 Å². The fraction of sp³-hybridized carbons (Fsp3) is 0.722. The SMILES string of the molecule is Cc1nc(S(=O)(=O)CF)nc(CC2CCC(NC(=O)OC(C)(C)C)CC2)c1F. The third kappa shape index (κ3) is 6.08. The lowest BCUT2D eigenvalue weighted by molar-refractivity contribution is 0.0487. The first-order valence-corrected chi connectivity index (χ1v) is 10.9. The van der Waals surface area contributed by atoms with Crippen LogP contribution in [0.1, 0.15) is 57.8 Å². The first-order chi connectivity index (χ1) is 12.9. The number of aromatic nitrogens is 2. The van der Waals surface area contributed by atoms with Crippen molar-refractivity contribution in [2.24, 2.45) is 5.92 Å². The number of carbonyl (C=O) groups excluding carboxylic acids is 1. The highest BCUT2D eigenvalue weighted by molar-refractivity contribution is 7.91. The van der Waals surface area contributed by atoms with Crippen molar-refractivity contribution in [3.8, 4) is 0 Å². The molecule has 0 spiro atoms. The van der Waals surface area contributed by atoms with Crippen LogP contribution in [-0.2, 0) is 21.0 Å². The molecule has 1 aliphatic carbocycles. The average molecular weight is 419 g/mol. The maximum absolute atomic E-state index is 14.3. The summed E-state index contributed by atoms with van der Waals surface area (Å²) < 4.78 is 55.7. The lowest BCUT2D eigenvalue weighted by atomic mass is 9.83. The van der Waals surface area contributed by atoms with Crippen molar-refractivity contribution in [1.82, 2.24) is 15.3 Å². The van der Waals surface area contributed by atoms with Gasteiger partial charge in [-0.05, 0) is 65.7 Å². The van der Waals surface area contributed by atoms with E-state index < -0.39 is 38.5 Å². The van der Waals surface area contributed by atoms with Crippen molar-refractivity contribution in [3.63, 3.8) is 0 Å². The number of hydrogen-bond donors (Lipinski definition) is 1. The molecular weight excluding hydrogens is 392 g/mol. The summed E-state index contributed by atoms with van der Waals surface area (Å²) in [5, 5.41) is 2.16. The predicted molar refractivity (Wildman–Crippen MR) is 98.7 cm³/mol. The zero-order chi connectivity index (χ0) is 21.1. The van der Waals surface area contributed by atoms with Crippen LogP contribution in [0.3, 0.4) is 0 Å². The molecule has 0 aromatic carbocycles. The molecule has 1 aromatic heterocycles. The minimum atomic E-state index is -4.26. The van der Waals surface area contributed by atoms with Crippen LogP contribution in [0.4, 0.5) is 13.6 Å². The Morgan fingerprint density at radius 2 is 1.82 bits per heavy atom. The number of alkyl halides is 1. The molecule has 1 aromatic rings. The second-order valence-corrected chi connectivity index (χ2v) is 9.96. The molecule has 0 aliphatic heterocycles. The lowest BCUT2D eigenvalue weighted by Gasteiger charge is -2.30. The zero-order valence-electron chi connectivity index (χ0n) is 16.6. The quantitative estimate of drug-likeness (QED) is 0.736. The van der Waals surface area contributed by atoms with E-state index in [0.29, 0.717) is 25.7 Å². The monoisotopic (exact) mass is 419 g/mol. The number of ether oxygens (including phenoxy) is 1. The van der Waals surface area contributed by atoms with Crippen molar-refractivity contribution in [3.05, 3.63) is 17.2 Å². The van der Waals surface area contributed by atoms with Gasteiger partial charge in [-0.1, -0.05) is 0 Å². The van der Waals surface area contributed by atoms with Gasteiger partial charge in [0.25, 0.3) is 0 Å². The van der Waals surface area contributed by atoms with Crippen LogP contribution in [0.15, 0.2) is 5.16 Å². The minimum Gasteiger partial charge on any atom is -0.444 e. The van der Waals surface area contributed by atoms with Crippen LogP contribution in [0.25, 0.3) is 0 Å². The van der Waals surface area contributed by atoms with E-state index in [2.05, 4.69) is 15.3 Å². The van der Waals surface area contributed by atoms with Gasteiger partial charge in [0.1, 0.15) is 5.60 Å². The Hall–Kier alpha value is -1.84. The largest absolute Gasteiger partial charge is 0.444 e. The Kier molecular flexibility index (Phi) is 6.95. The smallest absolute Gasteiger partial charge is 0.407 e. The number of halogens is 2. The van der Waals surface area contributed by atoms with Crippen LogP contribution >= 0.6 is 0 Å². The fourth-order valence-electron chi connectivity index (χ4n) is 3.17. The number of aryl methyl sites for hydroxylation is 1. The molecule has 158 valence electrons. The van der Waals surface area contributed by atoms with Crippen LogP contribution in [0.2, 0.25) is 0 Å². The molecule has 0 radical (unpaired) electrons. The molecule has 0 bridgehead atoms. The Morgan fingerprint density at radius 3 is 2.36 bits per heavy atom. The van der Waals surface area contributed by atoms with E-state index in [0.717, 1.165) is 0 Å². The minimum absolute atomic E-state index is 0.0110. The third-order valence-electron chi connectivity index (χ3n) is 4.54. The number of carbonyl (C=O) groups is 1. The van der Waals surface area contributed by atoms with Crippen LogP contribution in [0, 0.1) is 18.7 Å². The molecule has 0 saturated heterocycles. The number of rotatable bonds is 5. The molecule has 1 heterocycles. The maximum atomic E-state index is 14.3. The highest BCUT2D eigenvalue weighted by atomic mass is 32.2. The van der Waals surface area contributed by atoms with E-state index in [1.54, 1.807) is 20.8 Å². The number of nitrogens with one attached hydrogen (secondary N) is 1. The predicted octanol–water partition coefficient (Wildman–Crippen LogP) is 3.25. The second kappa shape index (κ2) is 8.67. The van der Waals surface area contributed by atoms with E-state index in [1.807, 2.05) is 0 Å². The van der Waals surface area contributed by atoms with Crippen molar-refractivity contribution in [1.29, 1.82) is 0 Å². The molecule has 1 amide bonds. The second-order valence-electron chi connectivity index (χ2n) is 8.14. The summed E-state index contributed by atoms with van der Waals surface area (Å²) in [5.41, 5.74) is -0.693. The van der Waals surface area contributed by atoms with E-state index in [1.165, 1.54) is 6.92 Å². The summed E-state index contributed by atoms with van der Waals surface area (Å²) in [6.07, 6.45) is 2.61. The molecule has 1 N–H and O–H groups in total. The summed E-state index contributed by atoms with van der Waals surface area (Å²) in [6, 6.07) is -1.65. The van der Waals surface area contributed by atoms with Gasteiger partial charge in [0.2, 0.25) is 15.0 Å². The molecular formula is C18H27F2N3O4S. The molecule has 7 nitrogen and oxygen atoms in total. The van der Waals surface area contributed by atoms with E-state index in [4.69, 9.17) is 4.74 Å². The number of alkyl carbamates (subject to hydrolysis) is 1. The van der Waals surface area contributed by atoms with Gasteiger partial charge in [0.15, 0.2) is 11.8 Å². The number of nitrogens with zero attached hydrogens (tertiary/aromatic N) is 2. The van der Waals surface area contributed by atoms with Crippen molar-refractivity contribution in [2.45, 2.75) is 76.6 Å². The number of hydrogen-bond acceptors (Lipinski definition) is 6. The zero-order valence-corrected chi connectivity index (χ0v) is 17.4. The first kappa shape index (κ1) is 22.4. The van der Waals surface area contributed by atoms with Crippen LogP contribution in [0.5, 0.6) is 0 Å². The third-order valence-corrected chi connectivity index (χ3v) is 5.56. The number of sulfone groups is 1. The summed E-state index contributed by atoms with van der Waals surface area (Å²) in [4.78, 5) is 19.2. The summed E-state index contributed by atoms with van der Waals surface area (Å²) in [7, 11) is -4.26.